The van der Waals surface area contributed by atoms with Crippen LogP contribution in [0.5, 0.6) is 0 Å². The molecule has 12 atom stereocenters. The molecule has 3 rings (SSSR count). The summed E-state index contributed by atoms with van der Waals surface area (Å²) in [6.07, 6.45) is 40.7. The number of rotatable bonds is 5. The first-order chi connectivity index (χ1) is 27.7. The summed E-state index contributed by atoms with van der Waals surface area (Å²) in [6.45, 7) is 44.2. The molecule has 3 aliphatic rings. The van der Waals surface area contributed by atoms with E-state index in [2.05, 4.69) is 157 Å². The maximum Gasteiger partial charge on any atom is 0.0319 e. The molecule has 3 heteroatoms. The highest BCUT2D eigenvalue weighted by Gasteiger charge is 2.34. The molecule has 6 unspecified atom stereocenters. The normalized spacial score (nSPS) is 32.8. The maximum absolute atomic E-state index is 7.00. The number of aliphatic hydroxyl groups is 1. The molecule has 0 amide bonds. The van der Waals surface area contributed by atoms with Gasteiger partial charge in [-0.1, -0.05) is 157 Å². The molecule has 2 saturated carbocycles. The molecule has 0 aromatic rings. The van der Waals surface area contributed by atoms with Crippen LogP contribution >= 0.6 is 12.6 Å². The minimum absolute atomic E-state index is 0.518. The highest BCUT2D eigenvalue weighted by Crippen LogP contribution is 2.43. The highest BCUT2D eigenvalue weighted by atomic mass is 32.1. The lowest BCUT2D eigenvalue weighted by molar-refractivity contribution is 0.141. The van der Waals surface area contributed by atoms with Crippen molar-refractivity contribution in [2.45, 2.75) is 185 Å². The number of aliphatic hydroxyl groups excluding tert-OH is 1. The van der Waals surface area contributed by atoms with Gasteiger partial charge in [-0.25, -0.2) is 0 Å². The van der Waals surface area contributed by atoms with Crippen LogP contribution in [0.4, 0.5) is 0 Å². The van der Waals surface area contributed by atoms with Crippen molar-refractivity contribution in [2.75, 3.05) is 21.2 Å². The summed E-state index contributed by atoms with van der Waals surface area (Å²) in [5, 5.41) is 7.60. The van der Waals surface area contributed by atoms with Gasteiger partial charge in [0.25, 0.3) is 0 Å². The Morgan fingerprint density at radius 3 is 1.81 bits per heavy atom. The lowest BCUT2D eigenvalue weighted by Crippen LogP contribution is -2.43. The average Bonchev–Trinajstić information content (AvgIpc) is 3.24. The zero-order valence-corrected chi connectivity index (χ0v) is 42.9. The quantitative estimate of drug-likeness (QED) is 0.164. The summed E-state index contributed by atoms with van der Waals surface area (Å²) in [5.74, 6) is 7.44. The van der Waals surface area contributed by atoms with E-state index in [1.807, 2.05) is 41.5 Å². The van der Waals surface area contributed by atoms with E-state index < -0.39 is 0 Å². The van der Waals surface area contributed by atoms with Crippen molar-refractivity contribution in [3.8, 4) is 25.7 Å². The van der Waals surface area contributed by atoms with Gasteiger partial charge in [0, 0.05) is 18.4 Å². The van der Waals surface area contributed by atoms with Crippen LogP contribution < -0.4 is 0 Å². The molecule has 0 saturated heterocycles. The minimum atomic E-state index is 0.518. The second-order valence-electron chi connectivity index (χ2n) is 17.0. The van der Waals surface area contributed by atoms with Crippen LogP contribution in [0.3, 0.4) is 0 Å². The molecule has 0 aromatic carbocycles. The Morgan fingerprint density at radius 1 is 0.776 bits per heavy atom. The Labute approximate surface area is 373 Å². The van der Waals surface area contributed by atoms with Crippen molar-refractivity contribution in [1.29, 1.82) is 0 Å². The first kappa shape index (κ1) is 65.2. The molecule has 0 spiro atoms. The number of nitrogens with zero attached hydrogens (tertiary/aromatic N) is 1. The monoisotopic (exact) mass is 826 g/mol. The molecule has 1 N–H and O–H groups in total. The molecule has 0 aliphatic heterocycles. The van der Waals surface area contributed by atoms with Gasteiger partial charge in [-0.3, -0.25) is 0 Å². The van der Waals surface area contributed by atoms with E-state index in [1.54, 1.807) is 0 Å². The van der Waals surface area contributed by atoms with Crippen molar-refractivity contribution in [3.05, 3.63) is 60.8 Å². The van der Waals surface area contributed by atoms with Crippen molar-refractivity contribution in [3.63, 3.8) is 0 Å². The maximum atomic E-state index is 7.00. The number of hydrogen-bond acceptors (Lipinski definition) is 3. The summed E-state index contributed by atoms with van der Waals surface area (Å²) in [5.41, 5.74) is 4.17. The van der Waals surface area contributed by atoms with Crippen LogP contribution in [0.1, 0.15) is 174 Å². The molecule has 3 aliphatic carbocycles. The van der Waals surface area contributed by atoms with Crippen molar-refractivity contribution in [2.24, 2.45) is 59.2 Å². The Balaban J connectivity index is -0.000000323. The Hall–Kier alpha value is -1.91. The van der Waals surface area contributed by atoms with Gasteiger partial charge in [0.15, 0.2) is 0 Å². The van der Waals surface area contributed by atoms with E-state index >= 15 is 0 Å². The van der Waals surface area contributed by atoms with Crippen molar-refractivity contribution in [1.82, 2.24) is 4.90 Å². The van der Waals surface area contributed by atoms with E-state index in [4.69, 9.17) is 5.11 Å². The van der Waals surface area contributed by atoms with Crippen LogP contribution in [0, 0.1) is 84.9 Å². The fourth-order valence-corrected chi connectivity index (χ4v) is 9.54. The second-order valence-corrected chi connectivity index (χ2v) is 17.7. The van der Waals surface area contributed by atoms with Crippen LogP contribution in [0.15, 0.2) is 60.8 Å². The molecular weight excluding hydrogens is 723 g/mol. The standard InChI is InChI=1S/C34H56.C10H21NS.3C2H6.2C2H2.CH4O/c1-10-12-31-19-24(3)13-14-25(4)20-32(11-2)34(33-18-17-28(7)30(9)23-33)21-26(5)15-16-27(6)29(8)22-31;1-7-5-9(11(3)4)8(2)10(12)6-7;6*1-2/h10,15-16,21,24,28-34H,1,4,6,11-14,17-20,22-23H2,2-3,5,7-9H3;7-10,12H,5-6H2,1-4H3;3*1-2H3;2*1-2H;2H,1H3/b16-15+,26-21+;;;;;;;/t24-,28-,29+,30?,31+,32-,33?,34?;7?,8-,9?,10?;;;;;;/m00....../s1. The zero-order valence-electron chi connectivity index (χ0n) is 42.0. The number of hydrogen-bond donors (Lipinski definition) is 2. The minimum Gasteiger partial charge on any atom is -0.400 e. The molecule has 2 fully saturated rings. The highest BCUT2D eigenvalue weighted by molar-refractivity contribution is 7.81. The molecule has 340 valence electrons. The Bertz CT molecular complexity index is 1070. The summed E-state index contributed by atoms with van der Waals surface area (Å²) >= 11 is 4.64. The first-order valence-electron chi connectivity index (χ1n) is 23.4. The summed E-state index contributed by atoms with van der Waals surface area (Å²) in [6, 6.07) is 0.733. The van der Waals surface area contributed by atoms with Crippen LogP contribution in [0.2, 0.25) is 0 Å². The number of terminal acetylenes is 2. The summed E-state index contributed by atoms with van der Waals surface area (Å²) in [7, 11) is 5.36. The second kappa shape index (κ2) is 41.8. The van der Waals surface area contributed by atoms with E-state index in [1.165, 1.54) is 87.3 Å². The third-order valence-electron chi connectivity index (χ3n) is 12.5. The van der Waals surface area contributed by atoms with Crippen molar-refractivity contribution < 1.29 is 5.11 Å². The molecule has 0 aromatic heterocycles. The zero-order chi connectivity index (χ0) is 46.6. The largest absolute Gasteiger partial charge is 0.400 e. The SMILES string of the molecule is C#C.C#C.C=CC[C@@H]1C[C@@H](C)CCC(=C)C[C@H](CC)C(C2CC[C@H](C)C(C)C2)/C=C(C)/C=C/C(=C)[C@H](C)C1.CC.CC.CC.CC1CC(S)[C@@H](C)C(N(C)C)C1.CO. The topological polar surface area (TPSA) is 23.5 Å². The fraction of sp³-hybridized carbons (Fsp3) is 0.745. The van der Waals surface area contributed by atoms with E-state index in [9.17, 15) is 0 Å². The molecule has 58 heavy (non-hydrogen) atoms. The number of thiol groups is 1. The van der Waals surface area contributed by atoms with Crippen molar-refractivity contribution >= 4 is 12.6 Å². The molecule has 0 heterocycles. The third kappa shape index (κ3) is 27.8. The van der Waals surface area contributed by atoms with Crippen LogP contribution in [-0.2, 0) is 0 Å². The fourth-order valence-electron chi connectivity index (χ4n) is 8.98. The van der Waals surface area contributed by atoms with Gasteiger partial charge in [0.05, 0.1) is 0 Å². The van der Waals surface area contributed by atoms with Gasteiger partial charge in [-0.05, 0) is 144 Å². The average molecular weight is 827 g/mol. The molecule has 2 nitrogen and oxygen atoms in total. The molecule has 0 radical (unpaired) electrons. The van der Waals surface area contributed by atoms with Gasteiger partial charge < -0.3 is 10.0 Å². The van der Waals surface area contributed by atoms with E-state index in [0.717, 1.165) is 55.1 Å². The number of allylic oxidation sites excluding steroid dienone is 7. The lowest BCUT2D eigenvalue weighted by atomic mass is 9.66. The summed E-state index contributed by atoms with van der Waals surface area (Å²) < 4.78 is 0. The van der Waals surface area contributed by atoms with Gasteiger partial charge in [-0.15, -0.1) is 32.3 Å². The Kier molecular flexibility index (Phi) is 47.0. The van der Waals surface area contributed by atoms with Gasteiger partial charge in [0.2, 0.25) is 0 Å². The van der Waals surface area contributed by atoms with Gasteiger partial charge in [0.1, 0.15) is 0 Å². The predicted octanol–water partition coefficient (Wildman–Crippen LogP) is 16.2. The first-order valence-corrected chi connectivity index (χ1v) is 24.0. The smallest absolute Gasteiger partial charge is 0.0319 e. The van der Waals surface area contributed by atoms with E-state index in [-0.39, 0.29) is 0 Å². The lowest BCUT2D eigenvalue weighted by Gasteiger charge is -2.40. The predicted molar refractivity (Wildman–Crippen MR) is 274 cm³/mol. The van der Waals surface area contributed by atoms with Crippen LogP contribution in [-0.4, -0.2) is 42.5 Å². The Morgan fingerprint density at radius 2 is 1.33 bits per heavy atom. The van der Waals surface area contributed by atoms with Crippen LogP contribution in [0.25, 0.3) is 0 Å². The van der Waals surface area contributed by atoms with Gasteiger partial charge in [-0.2, -0.15) is 12.6 Å². The third-order valence-corrected chi connectivity index (χ3v) is 13.2. The summed E-state index contributed by atoms with van der Waals surface area (Å²) in [4.78, 5) is 2.35. The molecule has 0 bridgehead atoms. The van der Waals surface area contributed by atoms with E-state index in [0.29, 0.717) is 28.9 Å². The van der Waals surface area contributed by atoms with Gasteiger partial charge >= 0.3 is 0 Å². The molecular formula is C55H103NOS.